The summed E-state index contributed by atoms with van der Waals surface area (Å²) in [6, 6.07) is 28.2. The van der Waals surface area contributed by atoms with Gasteiger partial charge in [-0.3, -0.25) is 9.63 Å². The predicted octanol–water partition coefficient (Wildman–Crippen LogP) is 4.90. The Hall–Kier alpha value is -3.64. The van der Waals surface area contributed by atoms with Crippen molar-refractivity contribution in [2.75, 3.05) is 11.7 Å². The fourth-order valence-corrected chi connectivity index (χ4v) is 4.58. The van der Waals surface area contributed by atoms with Crippen LogP contribution in [-0.4, -0.2) is 29.6 Å². The Balaban J connectivity index is 1.54. The highest BCUT2D eigenvalue weighted by Gasteiger charge is 2.52. The van der Waals surface area contributed by atoms with Crippen molar-refractivity contribution in [3.8, 4) is 0 Å². The molecule has 0 N–H and O–H groups in total. The standard InChI is InChI=1S/C26H24N2O4/c1-18-23(25(29)27-22(17-31-26(27)30)19-11-5-2-6-12-19)24(20-13-7-3-8-14-20)28(32-18)21-15-9-4-10-16-21/h2-16,18,22-24H,17H2,1H3/t18-,22-,23-,24+/m1/s1. The lowest BCUT2D eigenvalue weighted by Gasteiger charge is -2.29. The second kappa shape index (κ2) is 8.48. The third-order valence-corrected chi connectivity index (χ3v) is 6.11. The van der Waals surface area contributed by atoms with E-state index in [1.165, 1.54) is 4.90 Å². The van der Waals surface area contributed by atoms with Crippen LogP contribution in [0.15, 0.2) is 91.0 Å². The van der Waals surface area contributed by atoms with Gasteiger partial charge in [0, 0.05) is 0 Å². The normalized spacial score (nSPS) is 25.1. The zero-order valence-electron chi connectivity index (χ0n) is 17.7. The van der Waals surface area contributed by atoms with Crippen LogP contribution in [0, 0.1) is 5.92 Å². The molecular formula is C26H24N2O4. The summed E-state index contributed by atoms with van der Waals surface area (Å²) in [5.74, 6) is -0.879. The van der Waals surface area contributed by atoms with Crippen LogP contribution in [-0.2, 0) is 14.4 Å². The molecule has 5 rings (SSSR count). The van der Waals surface area contributed by atoms with Crippen molar-refractivity contribution in [1.82, 2.24) is 4.90 Å². The Morgan fingerprint density at radius 1 is 0.844 bits per heavy atom. The molecule has 3 aromatic carbocycles. The van der Waals surface area contributed by atoms with Crippen LogP contribution in [0.2, 0.25) is 0 Å². The number of para-hydroxylation sites is 1. The molecule has 162 valence electrons. The van der Waals surface area contributed by atoms with E-state index in [1.807, 2.05) is 97.9 Å². The van der Waals surface area contributed by atoms with Crippen molar-refractivity contribution in [3.05, 3.63) is 102 Å². The van der Waals surface area contributed by atoms with Crippen LogP contribution in [0.4, 0.5) is 10.5 Å². The zero-order valence-corrected chi connectivity index (χ0v) is 17.7. The Kier molecular flexibility index (Phi) is 5.37. The van der Waals surface area contributed by atoms with E-state index in [9.17, 15) is 9.59 Å². The van der Waals surface area contributed by atoms with Crippen LogP contribution in [0.3, 0.4) is 0 Å². The molecule has 0 saturated carbocycles. The van der Waals surface area contributed by atoms with Gasteiger partial charge in [-0.15, -0.1) is 0 Å². The lowest BCUT2D eigenvalue weighted by molar-refractivity contribution is -0.135. The quantitative estimate of drug-likeness (QED) is 0.591. The topological polar surface area (TPSA) is 59.1 Å². The predicted molar refractivity (Wildman–Crippen MR) is 120 cm³/mol. The Bertz CT molecular complexity index is 1090. The summed E-state index contributed by atoms with van der Waals surface area (Å²) in [6.07, 6.45) is -1.04. The van der Waals surface area contributed by atoms with E-state index in [4.69, 9.17) is 9.57 Å². The number of hydrogen-bond donors (Lipinski definition) is 0. The summed E-state index contributed by atoms with van der Waals surface area (Å²) in [5.41, 5.74) is 2.67. The first-order chi connectivity index (χ1) is 15.6. The molecule has 2 aliphatic heterocycles. The van der Waals surface area contributed by atoms with Crippen LogP contribution >= 0.6 is 0 Å². The Morgan fingerprint density at radius 3 is 2.03 bits per heavy atom. The molecule has 6 heteroatoms. The SMILES string of the molecule is C[C@H]1ON(c2ccccc2)[C@@H](c2ccccc2)[C@@H]1C(=O)N1C(=O)OC[C@@H]1c1ccccc1. The number of carbonyl (C=O) groups excluding carboxylic acids is 2. The molecule has 4 atom stereocenters. The number of benzene rings is 3. The van der Waals surface area contributed by atoms with Gasteiger partial charge in [-0.25, -0.2) is 14.8 Å². The number of anilines is 1. The third kappa shape index (κ3) is 3.52. The monoisotopic (exact) mass is 428 g/mol. The first-order valence-corrected chi connectivity index (χ1v) is 10.8. The third-order valence-electron chi connectivity index (χ3n) is 6.11. The summed E-state index contributed by atoms with van der Waals surface area (Å²) < 4.78 is 5.31. The van der Waals surface area contributed by atoms with Crippen molar-refractivity contribution in [2.45, 2.75) is 25.1 Å². The maximum Gasteiger partial charge on any atom is 0.417 e. The summed E-state index contributed by atoms with van der Waals surface area (Å²) in [4.78, 5) is 34.1. The molecule has 0 unspecified atom stereocenters. The first kappa shape index (κ1) is 20.3. The average Bonchev–Trinajstić information content (AvgIpc) is 3.40. The molecule has 6 nitrogen and oxygen atoms in total. The summed E-state index contributed by atoms with van der Waals surface area (Å²) >= 11 is 0. The second-order valence-corrected chi connectivity index (χ2v) is 8.06. The van der Waals surface area contributed by atoms with E-state index >= 15 is 0 Å². The molecule has 2 amide bonds. The van der Waals surface area contributed by atoms with E-state index in [1.54, 1.807) is 5.06 Å². The summed E-state index contributed by atoms with van der Waals surface area (Å²) in [5, 5.41) is 1.79. The van der Waals surface area contributed by atoms with E-state index in [2.05, 4.69) is 0 Å². The fraction of sp³-hybridized carbons (Fsp3) is 0.231. The van der Waals surface area contributed by atoms with Gasteiger partial charge in [0.2, 0.25) is 5.91 Å². The molecule has 0 spiro atoms. The van der Waals surface area contributed by atoms with Crippen molar-refractivity contribution in [1.29, 1.82) is 0 Å². The number of hydroxylamine groups is 1. The van der Waals surface area contributed by atoms with Crippen LogP contribution in [0.1, 0.15) is 30.1 Å². The molecule has 0 bridgehead atoms. The van der Waals surface area contributed by atoms with Gasteiger partial charge in [0.15, 0.2) is 0 Å². The van der Waals surface area contributed by atoms with Gasteiger partial charge in [0.25, 0.3) is 0 Å². The minimum atomic E-state index is -0.610. The fourth-order valence-electron chi connectivity index (χ4n) is 4.58. The van der Waals surface area contributed by atoms with Gasteiger partial charge >= 0.3 is 6.09 Å². The Morgan fingerprint density at radius 2 is 1.41 bits per heavy atom. The smallest absolute Gasteiger partial charge is 0.417 e. The van der Waals surface area contributed by atoms with Gasteiger partial charge < -0.3 is 4.74 Å². The minimum absolute atomic E-state index is 0.148. The lowest BCUT2D eigenvalue weighted by atomic mass is 9.88. The maximum absolute atomic E-state index is 13.9. The van der Waals surface area contributed by atoms with Crippen molar-refractivity contribution >= 4 is 17.7 Å². The number of ether oxygens (including phenoxy) is 1. The molecule has 2 heterocycles. The molecule has 2 aliphatic rings. The maximum atomic E-state index is 13.9. The number of amides is 2. The highest BCUT2D eigenvalue weighted by atomic mass is 16.7. The number of cyclic esters (lactones) is 1. The number of hydrogen-bond acceptors (Lipinski definition) is 5. The van der Waals surface area contributed by atoms with Gasteiger partial charge in [-0.05, 0) is 30.2 Å². The highest BCUT2D eigenvalue weighted by molar-refractivity contribution is 5.96. The summed E-state index contributed by atoms with van der Waals surface area (Å²) in [7, 11) is 0. The van der Waals surface area contributed by atoms with Gasteiger partial charge in [-0.1, -0.05) is 78.9 Å². The zero-order chi connectivity index (χ0) is 22.1. The second-order valence-electron chi connectivity index (χ2n) is 8.06. The molecule has 32 heavy (non-hydrogen) atoms. The molecule has 0 radical (unpaired) electrons. The van der Waals surface area contributed by atoms with Crippen LogP contribution < -0.4 is 5.06 Å². The number of rotatable bonds is 4. The van der Waals surface area contributed by atoms with Crippen LogP contribution in [0.5, 0.6) is 0 Å². The van der Waals surface area contributed by atoms with E-state index in [0.29, 0.717) is 0 Å². The minimum Gasteiger partial charge on any atom is -0.446 e. The van der Waals surface area contributed by atoms with Gasteiger partial charge in [-0.2, -0.15) is 0 Å². The van der Waals surface area contributed by atoms with Gasteiger partial charge in [0.05, 0.1) is 23.8 Å². The molecule has 2 fully saturated rings. The number of carbonyl (C=O) groups is 2. The highest BCUT2D eigenvalue weighted by Crippen LogP contribution is 2.44. The molecule has 0 aromatic heterocycles. The number of imide groups is 1. The molecule has 0 aliphatic carbocycles. The van der Waals surface area contributed by atoms with Crippen LogP contribution in [0.25, 0.3) is 0 Å². The largest absolute Gasteiger partial charge is 0.446 e. The average molecular weight is 428 g/mol. The van der Waals surface area contributed by atoms with Crippen molar-refractivity contribution < 1.29 is 19.2 Å². The number of nitrogens with zero attached hydrogens (tertiary/aromatic N) is 2. The van der Waals surface area contributed by atoms with E-state index in [0.717, 1.165) is 16.8 Å². The lowest BCUT2D eigenvalue weighted by Crippen LogP contribution is -2.43. The van der Waals surface area contributed by atoms with E-state index in [-0.39, 0.29) is 18.6 Å². The van der Waals surface area contributed by atoms with Crippen molar-refractivity contribution in [2.24, 2.45) is 5.92 Å². The van der Waals surface area contributed by atoms with E-state index < -0.39 is 24.2 Å². The molecule has 2 saturated heterocycles. The molecular weight excluding hydrogens is 404 g/mol. The molecule has 3 aromatic rings. The summed E-state index contributed by atoms with van der Waals surface area (Å²) in [6.45, 7) is 2.02. The van der Waals surface area contributed by atoms with Gasteiger partial charge in [0.1, 0.15) is 12.6 Å². The Labute approximate surface area is 186 Å². The van der Waals surface area contributed by atoms with Crippen molar-refractivity contribution in [3.63, 3.8) is 0 Å². The first-order valence-electron chi connectivity index (χ1n) is 10.8.